The molecule has 2 unspecified atom stereocenters. The average Bonchev–Trinajstić information content (AvgIpc) is 3.01. The largest absolute Gasteiger partial charge is 0.485 e. The number of fused-ring (bicyclic) bond motifs is 1. The molecule has 2 atom stereocenters. The normalized spacial score (nSPS) is 25.5. The zero-order chi connectivity index (χ0) is 15.4. The number of rotatable bonds is 5. The highest BCUT2D eigenvalue weighted by Gasteiger charge is 2.35. The second-order valence-electron chi connectivity index (χ2n) is 5.83. The fourth-order valence-corrected chi connectivity index (χ4v) is 2.99. The van der Waals surface area contributed by atoms with E-state index in [1.54, 1.807) is 13.2 Å². The molecule has 0 bridgehead atoms. The molecule has 2 aliphatic heterocycles. The molecule has 1 aromatic rings. The van der Waals surface area contributed by atoms with Crippen molar-refractivity contribution in [3.63, 3.8) is 0 Å². The molecular weight excluding hydrogens is 320 g/mol. The third-order valence-electron chi connectivity index (χ3n) is 4.15. The van der Waals surface area contributed by atoms with Gasteiger partial charge in [0.05, 0.1) is 12.1 Å². The summed E-state index contributed by atoms with van der Waals surface area (Å²) in [4.78, 5) is 12.3. The molecule has 128 valence electrons. The first-order valence-corrected chi connectivity index (χ1v) is 7.63. The summed E-state index contributed by atoms with van der Waals surface area (Å²) in [5, 5.41) is 6.40. The quantitative estimate of drug-likeness (QED) is 0.839. The van der Waals surface area contributed by atoms with Crippen LogP contribution in [-0.2, 0) is 9.53 Å². The highest BCUT2D eigenvalue weighted by molar-refractivity contribution is 5.85. The average molecular weight is 343 g/mol. The Kier molecular flexibility index (Phi) is 6.10. The smallest absolute Gasteiger partial charge is 0.264 e. The maximum atomic E-state index is 12.3. The van der Waals surface area contributed by atoms with Gasteiger partial charge in [-0.25, -0.2) is 0 Å². The number of ether oxygens (including phenoxy) is 3. The summed E-state index contributed by atoms with van der Waals surface area (Å²) in [7, 11) is 1.68. The van der Waals surface area contributed by atoms with Gasteiger partial charge in [0, 0.05) is 13.7 Å². The van der Waals surface area contributed by atoms with Gasteiger partial charge in [-0.2, -0.15) is 0 Å². The van der Waals surface area contributed by atoms with Crippen LogP contribution in [-0.4, -0.2) is 51.0 Å². The van der Waals surface area contributed by atoms with E-state index in [9.17, 15) is 4.79 Å². The van der Waals surface area contributed by atoms with E-state index in [1.807, 2.05) is 18.2 Å². The number of amides is 1. The summed E-state index contributed by atoms with van der Waals surface area (Å²) in [5.74, 6) is 1.14. The number of nitrogens with one attached hydrogen (secondary N) is 2. The van der Waals surface area contributed by atoms with E-state index < -0.39 is 6.10 Å². The van der Waals surface area contributed by atoms with Crippen molar-refractivity contribution in [3.05, 3.63) is 24.3 Å². The van der Waals surface area contributed by atoms with Crippen LogP contribution in [0.25, 0.3) is 0 Å². The van der Waals surface area contributed by atoms with Crippen LogP contribution < -0.4 is 20.1 Å². The Labute approximate surface area is 142 Å². The van der Waals surface area contributed by atoms with Crippen molar-refractivity contribution in [2.45, 2.75) is 24.5 Å². The Morgan fingerprint density at radius 1 is 1.43 bits per heavy atom. The minimum Gasteiger partial charge on any atom is -0.485 e. The van der Waals surface area contributed by atoms with E-state index in [2.05, 4.69) is 10.6 Å². The predicted octanol–water partition coefficient (Wildman–Crippen LogP) is 1.13. The van der Waals surface area contributed by atoms with E-state index in [0.29, 0.717) is 24.7 Å². The first-order valence-electron chi connectivity index (χ1n) is 7.63. The second kappa shape index (κ2) is 7.86. The van der Waals surface area contributed by atoms with Crippen LogP contribution in [0.5, 0.6) is 11.5 Å². The van der Waals surface area contributed by atoms with E-state index in [0.717, 1.165) is 19.4 Å². The number of halogens is 1. The molecule has 0 saturated carbocycles. The van der Waals surface area contributed by atoms with Gasteiger partial charge >= 0.3 is 0 Å². The Morgan fingerprint density at radius 3 is 2.91 bits per heavy atom. The van der Waals surface area contributed by atoms with Crippen LogP contribution >= 0.6 is 12.4 Å². The number of hydrogen-bond donors (Lipinski definition) is 2. The summed E-state index contributed by atoms with van der Waals surface area (Å²) >= 11 is 0. The van der Waals surface area contributed by atoms with Crippen molar-refractivity contribution >= 4 is 18.3 Å². The van der Waals surface area contributed by atoms with Crippen molar-refractivity contribution < 1.29 is 19.0 Å². The van der Waals surface area contributed by atoms with E-state index in [-0.39, 0.29) is 30.5 Å². The summed E-state index contributed by atoms with van der Waals surface area (Å²) in [6.45, 7) is 2.29. The lowest BCUT2D eigenvalue weighted by Gasteiger charge is -2.31. The van der Waals surface area contributed by atoms with Gasteiger partial charge in [0.25, 0.3) is 5.91 Å². The molecule has 3 rings (SSSR count). The number of carbonyl (C=O) groups excluding carboxylic acids is 1. The maximum absolute atomic E-state index is 12.3. The third-order valence-corrected chi connectivity index (χ3v) is 4.15. The number of methoxy groups -OCH3 is 1. The first-order chi connectivity index (χ1) is 10.7. The van der Waals surface area contributed by atoms with Gasteiger partial charge in [-0.3, -0.25) is 4.79 Å². The van der Waals surface area contributed by atoms with Crippen LogP contribution in [0.1, 0.15) is 12.8 Å². The highest BCUT2D eigenvalue weighted by Crippen LogP contribution is 2.30. The molecule has 2 heterocycles. The molecule has 1 fully saturated rings. The zero-order valence-corrected chi connectivity index (χ0v) is 14.0. The molecule has 0 radical (unpaired) electrons. The Balaban J connectivity index is 0.00000192. The van der Waals surface area contributed by atoms with E-state index >= 15 is 0 Å². The summed E-state index contributed by atoms with van der Waals surface area (Å²) in [6.07, 6.45) is 1.47. The van der Waals surface area contributed by atoms with Crippen molar-refractivity contribution in [1.82, 2.24) is 10.6 Å². The molecular formula is C16H23ClN2O4. The molecule has 0 spiro atoms. The maximum Gasteiger partial charge on any atom is 0.264 e. The fraction of sp³-hybridized carbons (Fsp3) is 0.562. The predicted molar refractivity (Wildman–Crippen MR) is 88.5 cm³/mol. The molecule has 7 heteroatoms. The van der Waals surface area contributed by atoms with Crippen LogP contribution in [0.3, 0.4) is 0 Å². The molecule has 0 aromatic heterocycles. The molecule has 2 aliphatic rings. The fourth-order valence-electron chi connectivity index (χ4n) is 2.99. The molecule has 1 saturated heterocycles. The lowest BCUT2D eigenvalue weighted by atomic mass is 9.98. The van der Waals surface area contributed by atoms with Crippen LogP contribution in [0, 0.1) is 0 Å². The number of hydrogen-bond acceptors (Lipinski definition) is 5. The van der Waals surface area contributed by atoms with Gasteiger partial charge in [0.15, 0.2) is 11.5 Å². The van der Waals surface area contributed by atoms with Crippen molar-refractivity contribution in [2.75, 3.05) is 33.4 Å². The second-order valence-corrected chi connectivity index (χ2v) is 5.83. The molecule has 0 aliphatic carbocycles. The SMILES string of the molecule is COCC1(CNC(=O)C2COc3ccccc3O2)CCCN1.Cl. The summed E-state index contributed by atoms with van der Waals surface area (Å²) < 4.78 is 16.6. The summed E-state index contributed by atoms with van der Waals surface area (Å²) in [5.41, 5.74) is -0.169. The first kappa shape index (κ1) is 17.8. The lowest BCUT2D eigenvalue weighted by molar-refractivity contribution is -0.130. The van der Waals surface area contributed by atoms with Gasteiger partial charge in [-0.15, -0.1) is 12.4 Å². The highest BCUT2D eigenvalue weighted by atomic mass is 35.5. The van der Waals surface area contributed by atoms with E-state index in [1.165, 1.54) is 0 Å². The number of carbonyl (C=O) groups is 1. The Bertz CT molecular complexity index is 535. The standard InChI is InChI=1S/C16H22N2O4.ClH/c1-20-11-16(7-4-8-18-16)10-17-15(19)14-9-21-12-5-2-3-6-13(12)22-14;/h2-3,5-6,14,18H,4,7-11H2,1H3,(H,17,19);1H. The van der Waals surface area contributed by atoms with Gasteiger partial charge in [0.1, 0.15) is 6.61 Å². The molecule has 6 nitrogen and oxygen atoms in total. The van der Waals surface area contributed by atoms with Gasteiger partial charge in [-0.1, -0.05) is 12.1 Å². The Hall–Kier alpha value is -1.50. The molecule has 1 amide bonds. The van der Waals surface area contributed by atoms with Crippen molar-refractivity contribution in [2.24, 2.45) is 0 Å². The summed E-state index contributed by atoms with van der Waals surface area (Å²) in [6, 6.07) is 7.38. The van der Waals surface area contributed by atoms with Crippen molar-refractivity contribution in [1.29, 1.82) is 0 Å². The molecule has 2 N–H and O–H groups in total. The van der Waals surface area contributed by atoms with Gasteiger partial charge in [-0.05, 0) is 31.5 Å². The van der Waals surface area contributed by atoms with E-state index in [4.69, 9.17) is 14.2 Å². The molecule has 23 heavy (non-hydrogen) atoms. The number of benzene rings is 1. The minimum absolute atomic E-state index is 0. The monoisotopic (exact) mass is 342 g/mol. The van der Waals surface area contributed by atoms with Crippen LogP contribution in [0.15, 0.2) is 24.3 Å². The lowest BCUT2D eigenvalue weighted by Crippen LogP contribution is -2.55. The zero-order valence-electron chi connectivity index (χ0n) is 13.2. The third kappa shape index (κ3) is 4.07. The van der Waals surface area contributed by atoms with Crippen LogP contribution in [0.2, 0.25) is 0 Å². The Morgan fingerprint density at radius 2 is 2.22 bits per heavy atom. The topological polar surface area (TPSA) is 68.8 Å². The number of para-hydroxylation sites is 2. The van der Waals surface area contributed by atoms with Gasteiger partial charge < -0.3 is 24.8 Å². The van der Waals surface area contributed by atoms with Crippen LogP contribution in [0.4, 0.5) is 0 Å². The van der Waals surface area contributed by atoms with Crippen molar-refractivity contribution in [3.8, 4) is 11.5 Å². The van der Waals surface area contributed by atoms with Gasteiger partial charge in [0.2, 0.25) is 6.10 Å². The minimum atomic E-state index is -0.615. The molecule has 1 aromatic carbocycles.